The van der Waals surface area contributed by atoms with Crippen LogP contribution in [-0.2, 0) is 14.3 Å². The van der Waals surface area contributed by atoms with E-state index in [0.29, 0.717) is 33.5 Å². The van der Waals surface area contributed by atoms with E-state index in [9.17, 15) is 19.2 Å². The first kappa shape index (κ1) is 32.7. The predicted molar refractivity (Wildman–Crippen MR) is 171 cm³/mol. The number of allylic oxidation sites excluding steroid dienone is 1. The molecule has 0 bridgehead atoms. The molecule has 0 amide bonds. The van der Waals surface area contributed by atoms with Gasteiger partial charge in [0.15, 0.2) is 5.75 Å². The van der Waals surface area contributed by atoms with Crippen molar-refractivity contribution in [2.45, 2.75) is 90.9 Å². The number of benzene rings is 3. The molecule has 8 heteroatoms. The molecule has 0 saturated carbocycles. The van der Waals surface area contributed by atoms with Crippen molar-refractivity contribution in [3.63, 3.8) is 0 Å². The number of rotatable bonds is 16. The van der Waals surface area contributed by atoms with Gasteiger partial charge < -0.3 is 18.9 Å². The Hall–Kier alpha value is -4.20. The van der Waals surface area contributed by atoms with Crippen molar-refractivity contribution >= 4 is 51.5 Å². The third-order valence-electron chi connectivity index (χ3n) is 7.77. The van der Waals surface area contributed by atoms with Crippen LogP contribution in [0.15, 0.2) is 42.5 Å². The minimum atomic E-state index is -0.975. The van der Waals surface area contributed by atoms with Gasteiger partial charge in [0.1, 0.15) is 5.75 Å². The lowest BCUT2D eigenvalue weighted by Crippen LogP contribution is -2.20. The Morgan fingerprint density at radius 3 is 1.80 bits per heavy atom. The fourth-order valence-electron chi connectivity index (χ4n) is 5.40. The molecule has 8 nitrogen and oxygen atoms in total. The van der Waals surface area contributed by atoms with Crippen molar-refractivity contribution in [3.05, 3.63) is 53.6 Å². The molecule has 0 atom stereocenters. The Balaban J connectivity index is 1.62. The molecule has 0 aromatic heterocycles. The maximum Gasteiger partial charge on any atom is 0.513 e. The summed E-state index contributed by atoms with van der Waals surface area (Å²) < 4.78 is 22.2. The Morgan fingerprint density at radius 2 is 1.16 bits per heavy atom. The average Bonchev–Trinajstić information content (AvgIpc) is 3.02. The van der Waals surface area contributed by atoms with Crippen LogP contribution < -0.4 is 9.47 Å². The number of carbonyl (C=O) groups excluding carboxylic acids is 4. The summed E-state index contributed by atoms with van der Waals surface area (Å²) in [5.41, 5.74) is 0.329. The van der Waals surface area contributed by atoms with Gasteiger partial charge in [0, 0.05) is 16.2 Å². The highest BCUT2D eigenvalue weighted by Gasteiger charge is 2.30. The molecule has 1 aliphatic carbocycles. The zero-order valence-corrected chi connectivity index (χ0v) is 25.8. The quantitative estimate of drug-likeness (QED) is 0.0525. The Kier molecular flexibility index (Phi) is 12.3. The summed E-state index contributed by atoms with van der Waals surface area (Å²) >= 11 is 0. The Labute approximate surface area is 258 Å². The van der Waals surface area contributed by atoms with E-state index in [1.54, 1.807) is 12.1 Å². The summed E-state index contributed by atoms with van der Waals surface area (Å²) in [6.45, 7) is 4.73. The van der Waals surface area contributed by atoms with Gasteiger partial charge in [0.2, 0.25) is 11.6 Å². The lowest BCUT2D eigenvalue weighted by atomic mass is 9.89. The molecule has 0 fully saturated rings. The van der Waals surface area contributed by atoms with Crippen molar-refractivity contribution < 1.29 is 38.1 Å². The van der Waals surface area contributed by atoms with Crippen molar-refractivity contribution in [2.24, 2.45) is 0 Å². The van der Waals surface area contributed by atoms with Gasteiger partial charge >= 0.3 is 12.3 Å². The highest BCUT2D eigenvalue weighted by molar-refractivity contribution is 6.51. The first-order valence-corrected chi connectivity index (χ1v) is 15.9. The molecule has 44 heavy (non-hydrogen) atoms. The van der Waals surface area contributed by atoms with Crippen LogP contribution >= 0.6 is 0 Å². The molecule has 0 heterocycles. The van der Waals surface area contributed by atoms with Gasteiger partial charge in [-0.05, 0) is 42.0 Å². The molecule has 1 aliphatic rings. The predicted octanol–water partition coefficient (Wildman–Crippen LogP) is 9.52. The maximum absolute atomic E-state index is 13.1. The Morgan fingerprint density at radius 1 is 0.614 bits per heavy atom. The fourth-order valence-corrected chi connectivity index (χ4v) is 5.40. The van der Waals surface area contributed by atoms with Crippen LogP contribution in [0, 0.1) is 0 Å². The minimum absolute atomic E-state index is 0.0339. The van der Waals surface area contributed by atoms with Gasteiger partial charge in [-0.1, -0.05) is 108 Å². The monoisotopic (exact) mass is 602 g/mol. The minimum Gasteiger partial charge on any atom is -0.434 e. The van der Waals surface area contributed by atoms with Gasteiger partial charge in [0.25, 0.3) is 0 Å². The van der Waals surface area contributed by atoms with Gasteiger partial charge in [-0.15, -0.1) is 0 Å². The van der Waals surface area contributed by atoms with Gasteiger partial charge in [-0.3, -0.25) is 9.59 Å². The van der Waals surface area contributed by atoms with E-state index < -0.39 is 23.9 Å². The maximum atomic E-state index is 13.1. The van der Waals surface area contributed by atoms with Crippen LogP contribution in [0.2, 0.25) is 0 Å². The van der Waals surface area contributed by atoms with Gasteiger partial charge in [0.05, 0.1) is 18.8 Å². The summed E-state index contributed by atoms with van der Waals surface area (Å²) in [4.78, 5) is 51.2. The second-order valence-electron chi connectivity index (χ2n) is 11.2. The molecule has 0 unspecified atom stereocenters. The fraction of sp³-hybridized carbons (Fsp3) is 0.444. The highest BCUT2D eigenvalue weighted by atomic mass is 16.7. The second kappa shape index (κ2) is 16.6. The van der Waals surface area contributed by atoms with Crippen molar-refractivity contribution in [3.8, 4) is 11.5 Å². The topological polar surface area (TPSA) is 105 Å². The molecule has 3 aromatic rings. The number of carbonyl (C=O) groups is 4. The van der Waals surface area contributed by atoms with Crippen LogP contribution in [0.4, 0.5) is 9.59 Å². The molecule has 0 aliphatic heterocycles. The number of ether oxygens (including phenoxy) is 4. The number of ketones is 2. The lowest BCUT2D eigenvalue weighted by molar-refractivity contribution is -0.111. The first-order valence-electron chi connectivity index (χ1n) is 15.9. The second-order valence-corrected chi connectivity index (χ2v) is 11.2. The summed E-state index contributed by atoms with van der Waals surface area (Å²) in [6.07, 6.45) is 13.3. The van der Waals surface area contributed by atoms with E-state index in [4.69, 9.17) is 18.9 Å². The zero-order chi connectivity index (χ0) is 31.3. The van der Waals surface area contributed by atoms with Crippen LogP contribution in [-0.4, -0.2) is 37.1 Å². The first-order chi connectivity index (χ1) is 21.4. The Bertz CT molecular complexity index is 1520. The molecule has 0 N–H and O–H groups in total. The molecule has 0 spiro atoms. The van der Waals surface area contributed by atoms with Crippen LogP contribution in [0.25, 0.3) is 27.6 Å². The summed E-state index contributed by atoms with van der Waals surface area (Å²) in [5, 5.41) is 2.06. The van der Waals surface area contributed by atoms with E-state index >= 15 is 0 Å². The number of hydrogen-bond acceptors (Lipinski definition) is 8. The van der Waals surface area contributed by atoms with Crippen LogP contribution in [0.5, 0.6) is 11.5 Å². The largest absolute Gasteiger partial charge is 0.513 e. The molecule has 234 valence electrons. The summed E-state index contributed by atoms with van der Waals surface area (Å²) in [6, 6.07) is 10.7. The van der Waals surface area contributed by atoms with Gasteiger partial charge in [-0.2, -0.15) is 0 Å². The van der Waals surface area contributed by atoms with Crippen molar-refractivity contribution in [2.75, 3.05) is 13.2 Å². The number of Topliss-reactive ketones (excluding diaryl/α,β-unsaturated/α-hetero) is 1. The highest BCUT2D eigenvalue weighted by Crippen LogP contribution is 2.43. The van der Waals surface area contributed by atoms with E-state index in [0.717, 1.165) is 51.4 Å². The normalized spacial score (nSPS) is 12.4. The molecule has 3 aromatic carbocycles. The number of unbranched alkanes of at least 4 members (excludes halogenated alkanes) is 10. The van der Waals surface area contributed by atoms with E-state index in [1.807, 2.05) is 24.3 Å². The molecular formula is C36H42O8. The third kappa shape index (κ3) is 8.46. The standard InChI is InChI=1S/C36H42O8/c1-3-5-7-9-11-15-21-41-35(39)43-33-27-18-14-13-17-25(27)23-29-28(33)24-26-19-20-30(37)32(38)31(26)34(29)44-36(40)42-22-16-12-10-8-6-4-2/h13-14,17-20,23-24H,3-12,15-16,21-22H2,1-2H3. The molecule has 0 radical (unpaired) electrons. The zero-order valence-electron chi connectivity index (χ0n) is 25.8. The van der Waals surface area contributed by atoms with E-state index in [2.05, 4.69) is 13.8 Å². The number of fused-ring (bicyclic) bond motifs is 3. The van der Waals surface area contributed by atoms with E-state index in [-0.39, 0.29) is 30.3 Å². The summed E-state index contributed by atoms with van der Waals surface area (Å²) in [7, 11) is 0. The van der Waals surface area contributed by atoms with Gasteiger partial charge in [-0.25, -0.2) is 9.59 Å². The van der Waals surface area contributed by atoms with Crippen molar-refractivity contribution in [1.82, 2.24) is 0 Å². The molecule has 0 saturated heterocycles. The van der Waals surface area contributed by atoms with Crippen molar-refractivity contribution in [1.29, 1.82) is 0 Å². The third-order valence-corrected chi connectivity index (χ3v) is 7.77. The molecule has 4 rings (SSSR count). The van der Waals surface area contributed by atoms with Crippen LogP contribution in [0.1, 0.15) is 107 Å². The SMILES string of the molecule is CCCCCCCCOC(=O)Oc1c2c(cc3c(OC(=O)OCCCCCCCC)c4ccccc4cc13)C=CC(=O)C2=O. The summed E-state index contributed by atoms with van der Waals surface area (Å²) in [5.74, 6) is -1.42. The van der Waals surface area contributed by atoms with E-state index in [1.165, 1.54) is 31.4 Å². The number of hydrogen-bond donors (Lipinski definition) is 0. The van der Waals surface area contributed by atoms with Crippen LogP contribution in [0.3, 0.4) is 0 Å². The molecular weight excluding hydrogens is 560 g/mol. The average molecular weight is 603 g/mol. The lowest BCUT2D eigenvalue weighted by Gasteiger charge is -2.19. The smallest absolute Gasteiger partial charge is 0.434 e.